The van der Waals surface area contributed by atoms with Gasteiger partial charge < -0.3 is 9.80 Å². The molecule has 0 N–H and O–H groups in total. The third-order valence-corrected chi connectivity index (χ3v) is 8.13. The highest BCUT2D eigenvalue weighted by molar-refractivity contribution is 5.93. The molecule has 0 aromatic heterocycles. The summed E-state index contributed by atoms with van der Waals surface area (Å²) in [6, 6.07) is 18.3. The number of benzene rings is 3. The first-order valence-corrected chi connectivity index (χ1v) is 13.1. The normalized spacial score (nSPS) is 18.9. The van der Waals surface area contributed by atoms with Crippen molar-refractivity contribution in [3.05, 3.63) is 112 Å². The molecular formula is C32H35N3O2. The van der Waals surface area contributed by atoms with Crippen molar-refractivity contribution in [3.8, 4) is 0 Å². The molecule has 0 unspecified atom stereocenters. The molecule has 3 aromatic rings. The highest BCUT2D eigenvalue weighted by Gasteiger charge is 2.40. The summed E-state index contributed by atoms with van der Waals surface area (Å²) in [4.78, 5) is 15.7. The van der Waals surface area contributed by atoms with Gasteiger partial charge in [0.15, 0.2) is 0 Å². The number of nitrogens with zero attached hydrogens (tertiary/aromatic N) is 3. The average molecular weight is 494 g/mol. The zero-order chi connectivity index (χ0) is 26.5. The number of anilines is 2. The van der Waals surface area contributed by atoms with Crippen LogP contribution in [0.2, 0.25) is 0 Å². The van der Waals surface area contributed by atoms with Gasteiger partial charge in [0, 0.05) is 59.3 Å². The minimum atomic E-state index is -0.337. The average Bonchev–Trinajstić information content (AvgIpc) is 3.09. The number of non-ortho nitro benzene ring substituents is 1. The zero-order valence-corrected chi connectivity index (χ0v) is 22.6. The lowest BCUT2D eigenvalue weighted by molar-refractivity contribution is -0.384. The number of likely N-dealkylation sites (N-methyl/N-ethyl adjacent to an activating group) is 1. The van der Waals surface area contributed by atoms with Crippen LogP contribution in [0.4, 0.5) is 17.1 Å². The third-order valence-electron chi connectivity index (χ3n) is 8.13. The molecule has 5 heteroatoms. The molecule has 3 aromatic carbocycles. The summed E-state index contributed by atoms with van der Waals surface area (Å²) in [5.41, 5.74) is 6.71. The summed E-state index contributed by atoms with van der Waals surface area (Å²) in [6.07, 6.45) is 8.84. The van der Waals surface area contributed by atoms with Crippen molar-refractivity contribution in [2.45, 2.75) is 52.4 Å². The van der Waals surface area contributed by atoms with Gasteiger partial charge in [0.25, 0.3) is 5.69 Å². The van der Waals surface area contributed by atoms with E-state index in [-0.39, 0.29) is 21.4 Å². The quantitative estimate of drug-likeness (QED) is 0.267. The van der Waals surface area contributed by atoms with Crippen molar-refractivity contribution in [1.82, 2.24) is 0 Å². The van der Waals surface area contributed by atoms with E-state index in [2.05, 4.69) is 112 Å². The van der Waals surface area contributed by atoms with Gasteiger partial charge in [0.2, 0.25) is 0 Å². The number of rotatable bonds is 5. The Kier molecular flexibility index (Phi) is 5.98. The monoisotopic (exact) mass is 493 g/mol. The van der Waals surface area contributed by atoms with Crippen molar-refractivity contribution in [2.75, 3.05) is 22.9 Å². The highest BCUT2D eigenvalue weighted by atomic mass is 16.6. The molecular weight excluding hydrogens is 458 g/mol. The van der Waals surface area contributed by atoms with Crippen molar-refractivity contribution in [2.24, 2.45) is 0 Å². The Bertz CT molecular complexity index is 1490. The van der Waals surface area contributed by atoms with E-state index in [0.717, 1.165) is 30.0 Å². The fraction of sp³-hybridized carbons (Fsp3) is 0.312. The van der Waals surface area contributed by atoms with Crippen LogP contribution in [-0.4, -0.2) is 18.0 Å². The number of nitro groups is 1. The van der Waals surface area contributed by atoms with Crippen LogP contribution >= 0.6 is 0 Å². The highest BCUT2D eigenvalue weighted by Crippen LogP contribution is 2.49. The van der Waals surface area contributed by atoms with Gasteiger partial charge in [-0.25, -0.2) is 0 Å². The lowest BCUT2D eigenvalue weighted by Gasteiger charge is -2.39. The summed E-state index contributed by atoms with van der Waals surface area (Å²) < 4.78 is 0. The first kappa shape index (κ1) is 24.8. The first-order valence-electron chi connectivity index (χ1n) is 13.1. The minimum Gasteiger partial charge on any atom is -0.348 e. The van der Waals surface area contributed by atoms with E-state index in [4.69, 9.17) is 0 Å². The predicted molar refractivity (Wildman–Crippen MR) is 154 cm³/mol. The van der Waals surface area contributed by atoms with E-state index in [9.17, 15) is 10.1 Å². The lowest BCUT2D eigenvalue weighted by atomic mass is 9.73. The van der Waals surface area contributed by atoms with Crippen molar-refractivity contribution in [3.63, 3.8) is 0 Å². The maximum atomic E-state index is 11.4. The van der Waals surface area contributed by atoms with Gasteiger partial charge in [-0.1, -0.05) is 70.2 Å². The Morgan fingerprint density at radius 1 is 0.919 bits per heavy atom. The second-order valence-corrected chi connectivity index (χ2v) is 10.9. The Morgan fingerprint density at radius 3 is 2.35 bits per heavy atom. The molecule has 0 amide bonds. The molecule has 190 valence electrons. The third kappa shape index (κ3) is 3.85. The van der Waals surface area contributed by atoms with Crippen molar-refractivity contribution < 1.29 is 4.92 Å². The van der Waals surface area contributed by atoms with Crippen LogP contribution < -0.4 is 9.80 Å². The maximum absolute atomic E-state index is 11.4. The standard InChI is InChI=1S/C32H35N3O2/c1-7-33-21-23(31(3,4)30-25-14-10-9-12-22(25)16-18-28(30)33)13-11-15-29-32(5,6)26-20-24(35(36)37)17-19-27(26)34(29)8-2/h9-21H,7-8H2,1-6H3/b13-11-,29-15+. The van der Waals surface area contributed by atoms with Crippen LogP contribution in [0.3, 0.4) is 0 Å². The molecule has 0 aliphatic carbocycles. The van der Waals surface area contributed by atoms with Crippen LogP contribution in [0.5, 0.6) is 0 Å². The van der Waals surface area contributed by atoms with Gasteiger partial charge in [-0.3, -0.25) is 10.1 Å². The van der Waals surface area contributed by atoms with Crippen LogP contribution in [0, 0.1) is 10.1 Å². The molecule has 0 atom stereocenters. The number of nitro benzene ring substituents is 1. The van der Waals surface area contributed by atoms with E-state index >= 15 is 0 Å². The molecule has 5 nitrogen and oxygen atoms in total. The molecule has 5 rings (SSSR count). The number of allylic oxidation sites excluding steroid dienone is 5. The Balaban J connectivity index is 1.56. The van der Waals surface area contributed by atoms with Crippen molar-refractivity contribution in [1.29, 1.82) is 0 Å². The number of fused-ring (bicyclic) bond motifs is 4. The maximum Gasteiger partial charge on any atom is 0.269 e. The van der Waals surface area contributed by atoms with Crippen LogP contribution in [0.1, 0.15) is 52.7 Å². The Labute approximate surface area is 219 Å². The molecule has 0 spiro atoms. The molecule has 0 saturated carbocycles. The van der Waals surface area contributed by atoms with Crippen molar-refractivity contribution >= 4 is 27.8 Å². The minimum absolute atomic E-state index is 0.138. The largest absolute Gasteiger partial charge is 0.348 e. The Hall–Kier alpha value is -3.86. The first-order chi connectivity index (χ1) is 17.6. The Morgan fingerprint density at radius 2 is 1.65 bits per heavy atom. The second-order valence-electron chi connectivity index (χ2n) is 10.9. The van der Waals surface area contributed by atoms with E-state index < -0.39 is 0 Å². The molecule has 2 aliphatic rings. The van der Waals surface area contributed by atoms with Crippen LogP contribution in [-0.2, 0) is 10.8 Å². The topological polar surface area (TPSA) is 49.6 Å². The molecule has 0 bridgehead atoms. The smallest absolute Gasteiger partial charge is 0.269 e. The zero-order valence-electron chi connectivity index (χ0n) is 22.6. The van der Waals surface area contributed by atoms with E-state index in [1.54, 1.807) is 12.1 Å². The predicted octanol–water partition coefficient (Wildman–Crippen LogP) is 8.01. The van der Waals surface area contributed by atoms with Gasteiger partial charge >= 0.3 is 0 Å². The SMILES string of the molecule is CCN1C=C(/C=C\C=C2\N(CC)c3ccc([N+](=O)[O-])cc3C2(C)C)C(C)(C)c2c1ccc1ccccc21. The molecule has 37 heavy (non-hydrogen) atoms. The van der Waals surface area contributed by atoms with Crippen LogP contribution in [0.15, 0.2) is 90.3 Å². The fourth-order valence-electron chi connectivity index (χ4n) is 6.07. The summed E-state index contributed by atoms with van der Waals surface area (Å²) in [7, 11) is 0. The fourth-order valence-corrected chi connectivity index (χ4v) is 6.07. The summed E-state index contributed by atoms with van der Waals surface area (Å²) in [5.74, 6) is 0. The van der Waals surface area contributed by atoms with Gasteiger partial charge in [0.1, 0.15) is 0 Å². The molecule has 2 aliphatic heterocycles. The van der Waals surface area contributed by atoms with E-state index in [0.29, 0.717) is 0 Å². The summed E-state index contributed by atoms with van der Waals surface area (Å²) in [6.45, 7) is 14.9. The molecule has 0 saturated heterocycles. The second kappa shape index (κ2) is 8.91. The van der Waals surface area contributed by atoms with Gasteiger partial charge in [0.05, 0.1) is 4.92 Å². The molecule has 2 heterocycles. The number of hydrogen-bond donors (Lipinski definition) is 0. The number of hydrogen-bond acceptors (Lipinski definition) is 4. The van der Waals surface area contributed by atoms with Gasteiger partial charge in [-0.05, 0) is 59.5 Å². The van der Waals surface area contributed by atoms with Crippen LogP contribution in [0.25, 0.3) is 10.8 Å². The van der Waals surface area contributed by atoms with E-state index in [1.807, 2.05) is 6.07 Å². The molecule has 0 fully saturated rings. The summed E-state index contributed by atoms with van der Waals surface area (Å²) in [5, 5.41) is 14.0. The van der Waals surface area contributed by atoms with E-state index in [1.165, 1.54) is 27.6 Å². The van der Waals surface area contributed by atoms with Gasteiger partial charge in [-0.2, -0.15) is 0 Å². The lowest BCUT2D eigenvalue weighted by Crippen LogP contribution is -2.32. The molecule has 0 radical (unpaired) electrons. The summed E-state index contributed by atoms with van der Waals surface area (Å²) >= 11 is 0. The van der Waals surface area contributed by atoms with Gasteiger partial charge in [-0.15, -0.1) is 0 Å².